The molecular formula is C13H20FN3. The molecule has 2 heterocycles. The summed E-state index contributed by atoms with van der Waals surface area (Å²) in [4.78, 5) is 6.20. The lowest BCUT2D eigenvalue weighted by Crippen LogP contribution is -2.37. The van der Waals surface area contributed by atoms with Crippen LogP contribution in [0.4, 0.5) is 4.39 Å². The monoisotopic (exact) mass is 237 g/mol. The second kappa shape index (κ2) is 6.07. The predicted molar refractivity (Wildman–Crippen MR) is 66.2 cm³/mol. The number of halogens is 1. The van der Waals surface area contributed by atoms with E-state index >= 15 is 0 Å². The lowest BCUT2D eigenvalue weighted by Gasteiger charge is -2.21. The molecule has 1 aliphatic rings. The smallest absolute Gasteiger partial charge is 0.145 e. The van der Waals surface area contributed by atoms with Crippen LogP contribution in [0.5, 0.6) is 0 Å². The molecule has 1 atom stereocenters. The molecular weight excluding hydrogens is 217 g/mol. The van der Waals surface area contributed by atoms with Crippen molar-refractivity contribution in [3.63, 3.8) is 0 Å². The van der Waals surface area contributed by atoms with Gasteiger partial charge in [0.1, 0.15) is 5.82 Å². The molecule has 1 aliphatic heterocycles. The van der Waals surface area contributed by atoms with E-state index in [1.165, 1.54) is 32.1 Å². The van der Waals surface area contributed by atoms with Gasteiger partial charge in [-0.1, -0.05) is 0 Å². The van der Waals surface area contributed by atoms with Crippen LogP contribution in [0, 0.1) is 5.82 Å². The Morgan fingerprint density at radius 1 is 1.47 bits per heavy atom. The van der Waals surface area contributed by atoms with E-state index in [0.29, 0.717) is 18.2 Å². The molecule has 1 unspecified atom stereocenters. The van der Waals surface area contributed by atoms with E-state index in [-0.39, 0.29) is 5.82 Å². The average Bonchev–Trinajstić information content (AvgIpc) is 2.81. The van der Waals surface area contributed by atoms with Crippen molar-refractivity contribution >= 4 is 0 Å². The van der Waals surface area contributed by atoms with Gasteiger partial charge in [0.2, 0.25) is 0 Å². The Bertz CT molecular complexity index is 350. The Hall–Kier alpha value is -1.00. The molecule has 1 fully saturated rings. The predicted octanol–water partition coefficient (Wildman–Crippen LogP) is 1.79. The quantitative estimate of drug-likeness (QED) is 0.846. The van der Waals surface area contributed by atoms with Crippen LogP contribution in [0.15, 0.2) is 18.5 Å². The molecule has 0 spiro atoms. The molecule has 3 nitrogen and oxygen atoms in total. The number of rotatable bonds is 5. The van der Waals surface area contributed by atoms with Gasteiger partial charge >= 0.3 is 0 Å². The van der Waals surface area contributed by atoms with Gasteiger partial charge in [0.25, 0.3) is 0 Å². The highest BCUT2D eigenvalue weighted by Gasteiger charge is 2.14. The first-order valence-electron chi connectivity index (χ1n) is 6.30. The van der Waals surface area contributed by atoms with Crippen LogP contribution in [-0.4, -0.2) is 35.6 Å². The van der Waals surface area contributed by atoms with E-state index in [1.807, 2.05) is 0 Å². The van der Waals surface area contributed by atoms with E-state index < -0.39 is 0 Å². The molecule has 1 saturated heterocycles. The Kier molecular flexibility index (Phi) is 4.45. The highest BCUT2D eigenvalue weighted by Crippen LogP contribution is 2.08. The minimum absolute atomic E-state index is 0.228. The Labute approximate surface area is 102 Å². The molecule has 0 saturated carbocycles. The minimum atomic E-state index is -0.228. The SMILES string of the molecule is CC(CN1CCCC1)NCc1ccncc1F. The van der Waals surface area contributed by atoms with Crippen molar-refractivity contribution in [3.05, 3.63) is 29.8 Å². The topological polar surface area (TPSA) is 28.2 Å². The lowest BCUT2D eigenvalue weighted by atomic mass is 10.2. The maximum absolute atomic E-state index is 13.3. The summed E-state index contributed by atoms with van der Waals surface area (Å²) in [6.07, 6.45) is 5.52. The number of pyridine rings is 1. The zero-order valence-electron chi connectivity index (χ0n) is 10.3. The molecule has 1 aromatic heterocycles. The fourth-order valence-electron chi connectivity index (χ4n) is 2.25. The number of hydrogen-bond donors (Lipinski definition) is 1. The normalized spacial score (nSPS) is 18.5. The van der Waals surface area contributed by atoms with Crippen molar-refractivity contribution < 1.29 is 4.39 Å². The standard InChI is InChI=1S/C13H20FN3/c1-11(10-17-6-2-3-7-17)16-8-12-4-5-15-9-13(12)14/h4-5,9,11,16H,2-3,6-8,10H2,1H3. The third-order valence-corrected chi connectivity index (χ3v) is 3.23. The van der Waals surface area contributed by atoms with E-state index in [4.69, 9.17) is 0 Å². The molecule has 1 N–H and O–H groups in total. The van der Waals surface area contributed by atoms with Crippen molar-refractivity contribution in [1.82, 2.24) is 15.2 Å². The third-order valence-electron chi connectivity index (χ3n) is 3.23. The van der Waals surface area contributed by atoms with Crippen LogP contribution >= 0.6 is 0 Å². The number of likely N-dealkylation sites (tertiary alicyclic amines) is 1. The van der Waals surface area contributed by atoms with Crippen molar-refractivity contribution in [2.75, 3.05) is 19.6 Å². The molecule has 2 rings (SSSR count). The molecule has 0 aromatic carbocycles. The molecule has 0 aliphatic carbocycles. The lowest BCUT2D eigenvalue weighted by molar-refractivity contribution is 0.297. The van der Waals surface area contributed by atoms with Crippen LogP contribution in [0.1, 0.15) is 25.3 Å². The average molecular weight is 237 g/mol. The van der Waals surface area contributed by atoms with Crippen LogP contribution in [0.25, 0.3) is 0 Å². The first-order valence-corrected chi connectivity index (χ1v) is 6.30. The first kappa shape index (κ1) is 12.5. The third kappa shape index (κ3) is 3.75. The molecule has 1 aromatic rings. The second-order valence-electron chi connectivity index (χ2n) is 4.76. The highest BCUT2D eigenvalue weighted by molar-refractivity contribution is 5.12. The largest absolute Gasteiger partial charge is 0.309 e. The summed E-state index contributed by atoms with van der Waals surface area (Å²) < 4.78 is 13.3. The summed E-state index contributed by atoms with van der Waals surface area (Å²) in [7, 11) is 0. The van der Waals surface area contributed by atoms with E-state index in [0.717, 1.165) is 6.54 Å². The van der Waals surface area contributed by atoms with E-state index in [1.54, 1.807) is 12.3 Å². The molecule has 0 bridgehead atoms. The van der Waals surface area contributed by atoms with Gasteiger partial charge in [-0.2, -0.15) is 0 Å². The van der Waals surface area contributed by atoms with Gasteiger partial charge in [-0.25, -0.2) is 4.39 Å². The van der Waals surface area contributed by atoms with Crippen molar-refractivity contribution in [2.24, 2.45) is 0 Å². The number of aromatic nitrogens is 1. The maximum Gasteiger partial charge on any atom is 0.145 e. The van der Waals surface area contributed by atoms with Crippen molar-refractivity contribution in [3.8, 4) is 0 Å². The minimum Gasteiger partial charge on any atom is -0.309 e. The van der Waals surface area contributed by atoms with E-state index in [9.17, 15) is 4.39 Å². The van der Waals surface area contributed by atoms with Crippen molar-refractivity contribution in [2.45, 2.75) is 32.4 Å². The summed E-state index contributed by atoms with van der Waals surface area (Å²) in [5.74, 6) is -0.228. The van der Waals surface area contributed by atoms with Gasteiger partial charge in [-0.15, -0.1) is 0 Å². The maximum atomic E-state index is 13.3. The van der Waals surface area contributed by atoms with Crippen molar-refractivity contribution in [1.29, 1.82) is 0 Å². The first-order chi connectivity index (χ1) is 8.25. The summed E-state index contributed by atoms with van der Waals surface area (Å²) in [6.45, 7) is 6.18. The molecule has 4 heteroatoms. The summed E-state index contributed by atoms with van der Waals surface area (Å²) in [5, 5.41) is 3.36. The van der Waals surface area contributed by atoms with Crippen LogP contribution < -0.4 is 5.32 Å². The van der Waals surface area contributed by atoms with Crippen LogP contribution in [0.3, 0.4) is 0 Å². The zero-order chi connectivity index (χ0) is 12.1. The fourth-order valence-corrected chi connectivity index (χ4v) is 2.25. The summed E-state index contributed by atoms with van der Waals surface area (Å²) in [6, 6.07) is 2.12. The molecule has 94 valence electrons. The van der Waals surface area contributed by atoms with Gasteiger partial charge < -0.3 is 10.2 Å². The Balaban J connectivity index is 1.75. The Morgan fingerprint density at radius 2 is 2.24 bits per heavy atom. The molecule has 0 amide bonds. The van der Waals surface area contributed by atoms with E-state index in [2.05, 4.69) is 22.1 Å². The highest BCUT2D eigenvalue weighted by atomic mass is 19.1. The second-order valence-corrected chi connectivity index (χ2v) is 4.76. The number of nitrogens with one attached hydrogen (secondary N) is 1. The molecule has 17 heavy (non-hydrogen) atoms. The Morgan fingerprint density at radius 3 is 2.94 bits per heavy atom. The van der Waals surface area contributed by atoms with Gasteiger partial charge in [0.15, 0.2) is 0 Å². The number of hydrogen-bond acceptors (Lipinski definition) is 3. The molecule has 0 radical (unpaired) electrons. The number of nitrogens with zero attached hydrogens (tertiary/aromatic N) is 2. The summed E-state index contributed by atoms with van der Waals surface area (Å²) in [5.41, 5.74) is 0.688. The zero-order valence-corrected chi connectivity index (χ0v) is 10.3. The summed E-state index contributed by atoms with van der Waals surface area (Å²) >= 11 is 0. The van der Waals surface area contributed by atoms with Crippen LogP contribution in [0.2, 0.25) is 0 Å². The van der Waals surface area contributed by atoms with Gasteiger partial charge in [-0.3, -0.25) is 4.98 Å². The van der Waals surface area contributed by atoms with Gasteiger partial charge in [0, 0.05) is 30.9 Å². The fraction of sp³-hybridized carbons (Fsp3) is 0.615. The van der Waals surface area contributed by atoms with Gasteiger partial charge in [0.05, 0.1) is 6.20 Å². The van der Waals surface area contributed by atoms with Gasteiger partial charge in [-0.05, 0) is 38.9 Å². The van der Waals surface area contributed by atoms with Crippen LogP contribution in [-0.2, 0) is 6.54 Å².